The van der Waals surface area contributed by atoms with Crippen LogP contribution in [0.5, 0.6) is 0 Å². The van der Waals surface area contributed by atoms with Gasteiger partial charge in [-0.15, -0.1) is 0 Å². The maximum atomic E-state index is 12.5. The van der Waals surface area contributed by atoms with Crippen LogP contribution in [0.25, 0.3) is 5.69 Å². The van der Waals surface area contributed by atoms with E-state index < -0.39 is 10.0 Å². The Kier molecular flexibility index (Phi) is 3.79. The molecule has 3 N–H and O–H groups in total. The number of anilines is 2. The lowest BCUT2D eigenvalue weighted by molar-refractivity contribution is 0.600. The van der Waals surface area contributed by atoms with Gasteiger partial charge in [0.05, 0.1) is 16.8 Å². The fourth-order valence-corrected chi connectivity index (χ4v) is 3.23. The molecule has 0 spiro atoms. The van der Waals surface area contributed by atoms with Crippen molar-refractivity contribution in [3.8, 4) is 5.69 Å². The number of aromatic nitrogens is 2. The number of nitrogens with zero attached hydrogens (tertiary/aromatic N) is 2. The molecule has 0 atom stereocenters. The van der Waals surface area contributed by atoms with Crippen molar-refractivity contribution in [1.82, 2.24) is 9.78 Å². The van der Waals surface area contributed by atoms with E-state index in [9.17, 15) is 8.42 Å². The number of nitrogen functional groups attached to an aromatic ring is 1. The number of hydrogen-bond donors (Lipinski definition) is 2. The second-order valence-corrected chi connectivity index (χ2v) is 6.82. The van der Waals surface area contributed by atoms with Gasteiger partial charge in [0.15, 0.2) is 0 Å². The van der Waals surface area contributed by atoms with E-state index in [4.69, 9.17) is 5.73 Å². The SMILES string of the molecule is Cc1cccc(-n2nccc2NS(=O)(=O)c2ccc(N)cc2)c1. The lowest BCUT2D eigenvalue weighted by atomic mass is 10.2. The summed E-state index contributed by atoms with van der Waals surface area (Å²) in [6, 6.07) is 15.3. The summed E-state index contributed by atoms with van der Waals surface area (Å²) >= 11 is 0. The van der Waals surface area contributed by atoms with E-state index in [1.54, 1.807) is 29.1 Å². The Labute approximate surface area is 134 Å². The molecule has 3 aromatic rings. The Hall–Kier alpha value is -2.80. The molecule has 3 rings (SSSR count). The number of nitrogens with one attached hydrogen (secondary N) is 1. The summed E-state index contributed by atoms with van der Waals surface area (Å²) in [5.41, 5.74) is 7.94. The third kappa shape index (κ3) is 3.19. The van der Waals surface area contributed by atoms with Crippen molar-refractivity contribution in [2.45, 2.75) is 11.8 Å². The van der Waals surface area contributed by atoms with Gasteiger partial charge >= 0.3 is 0 Å². The molecule has 0 aliphatic carbocycles. The first-order valence-corrected chi connectivity index (χ1v) is 8.43. The van der Waals surface area contributed by atoms with E-state index in [1.807, 2.05) is 31.2 Å². The van der Waals surface area contributed by atoms with E-state index in [2.05, 4.69) is 9.82 Å². The van der Waals surface area contributed by atoms with Crippen LogP contribution in [0.2, 0.25) is 0 Å². The van der Waals surface area contributed by atoms with Crippen LogP contribution in [0.3, 0.4) is 0 Å². The largest absolute Gasteiger partial charge is 0.399 e. The van der Waals surface area contributed by atoms with E-state index in [0.29, 0.717) is 11.5 Å². The summed E-state index contributed by atoms with van der Waals surface area (Å²) in [5.74, 6) is 0.368. The summed E-state index contributed by atoms with van der Waals surface area (Å²) in [7, 11) is -3.71. The number of rotatable bonds is 4. The van der Waals surface area contributed by atoms with Gasteiger partial charge in [0.25, 0.3) is 10.0 Å². The summed E-state index contributed by atoms with van der Waals surface area (Å²) in [6.07, 6.45) is 1.54. The van der Waals surface area contributed by atoms with E-state index in [1.165, 1.54) is 12.1 Å². The average Bonchev–Trinajstić information content (AvgIpc) is 2.95. The molecule has 0 aliphatic heterocycles. The third-order valence-corrected chi connectivity index (χ3v) is 4.69. The number of sulfonamides is 1. The average molecular weight is 328 g/mol. The van der Waals surface area contributed by atoms with Crippen molar-refractivity contribution in [3.63, 3.8) is 0 Å². The molecule has 23 heavy (non-hydrogen) atoms. The van der Waals surface area contributed by atoms with Crippen LogP contribution in [0.1, 0.15) is 5.56 Å². The summed E-state index contributed by atoms with van der Waals surface area (Å²) in [4.78, 5) is 0.142. The van der Waals surface area contributed by atoms with Crippen LogP contribution >= 0.6 is 0 Å². The van der Waals surface area contributed by atoms with E-state index in [-0.39, 0.29) is 4.90 Å². The Morgan fingerprint density at radius 2 is 1.83 bits per heavy atom. The fourth-order valence-electron chi connectivity index (χ4n) is 2.19. The quantitative estimate of drug-likeness (QED) is 0.720. The highest BCUT2D eigenvalue weighted by atomic mass is 32.2. The summed E-state index contributed by atoms with van der Waals surface area (Å²) in [5, 5.41) is 4.19. The molecule has 0 fully saturated rings. The second-order valence-electron chi connectivity index (χ2n) is 5.14. The van der Waals surface area contributed by atoms with Crippen LogP contribution in [-0.4, -0.2) is 18.2 Å². The van der Waals surface area contributed by atoms with Crippen molar-refractivity contribution in [3.05, 3.63) is 66.4 Å². The van der Waals surface area contributed by atoms with Gasteiger partial charge in [-0.05, 0) is 48.9 Å². The zero-order valence-corrected chi connectivity index (χ0v) is 13.3. The molecule has 0 saturated heterocycles. The van der Waals surface area contributed by atoms with Crippen LogP contribution in [-0.2, 0) is 10.0 Å². The molecular formula is C16H16N4O2S. The zero-order valence-electron chi connectivity index (χ0n) is 12.5. The van der Waals surface area contributed by atoms with Crippen molar-refractivity contribution < 1.29 is 8.42 Å². The lowest BCUT2D eigenvalue weighted by Gasteiger charge is -2.11. The molecule has 1 aromatic heterocycles. The van der Waals surface area contributed by atoms with Gasteiger partial charge in [-0.1, -0.05) is 12.1 Å². The summed E-state index contributed by atoms with van der Waals surface area (Å²) in [6.45, 7) is 1.96. The van der Waals surface area contributed by atoms with Crippen molar-refractivity contribution in [2.24, 2.45) is 0 Å². The highest BCUT2D eigenvalue weighted by Crippen LogP contribution is 2.20. The van der Waals surface area contributed by atoms with Gasteiger partial charge in [0, 0.05) is 11.8 Å². The predicted molar refractivity (Wildman–Crippen MR) is 90.0 cm³/mol. The van der Waals surface area contributed by atoms with Gasteiger partial charge in [0.2, 0.25) is 0 Å². The van der Waals surface area contributed by atoms with Crippen molar-refractivity contribution >= 4 is 21.5 Å². The normalized spacial score (nSPS) is 11.3. The fraction of sp³-hybridized carbons (Fsp3) is 0.0625. The van der Waals surface area contributed by atoms with Crippen LogP contribution in [0.15, 0.2) is 65.7 Å². The zero-order chi connectivity index (χ0) is 16.4. The minimum absolute atomic E-state index is 0.142. The van der Waals surface area contributed by atoms with Crippen LogP contribution < -0.4 is 10.5 Å². The molecule has 0 radical (unpaired) electrons. The molecule has 0 bridgehead atoms. The van der Waals surface area contributed by atoms with Crippen LogP contribution in [0.4, 0.5) is 11.5 Å². The Bertz CT molecular complexity index is 931. The molecule has 0 aliphatic rings. The minimum Gasteiger partial charge on any atom is -0.399 e. The highest BCUT2D eigenvalue weighted by molar-refractivity contribution is 7.92. The Balaban J connectivity index is 1.95. The first-order chi connectivity index (χ1) is 11.0. The topological polar surface area (TPSA) is 90.0 Å². The maximum Gasteiger partial charge on any atom is 0.263 e. The third-order valence-electron chi connectivity index (χ3n) is 3.32. The molecule has 1 heterocycles. The molecule has 6 nitrogen and oxygen atoms in total. The van der Waals surface area contributed by atoms with Crippen LogP contribution in [0, 0.1) is 6.92 Å². The number of aryl methyl sites for hydroxylation is 1. The molecule has 0 amide bonds. The molecule has 7 heteroatoms. The van der Waals surface area contributed by atoms with Gasteiger partial charge < -0.3 is 5.73 Å². The Morgan fingerprint density at radius 1 is 1.09 bits per heavy atom. The minimum atomic E-state index is -3.71. The monoisotopic (exact) mass is 328 g/mol. The first-order valence-electron chi connectivity index (χ1n) is 6.95. The van der Waals surface area contributed by atoms with Crippen molar-refractivity contribution in [2.75, 3.05) is 10.5 Å². The molecule has 2 aromatic carbocycles. The maximum absolute atomic E-state index is 12.5. The number of benzene rings is 2. The molecule has 0 saturated carbocycles. The number of nitrogens with two attached hydrogens (primary N) is 1. The first kappa shape index (κ1) is 15.1. The van der Waals surface area contributed by atoms with Gasteiger partial charge in [-0.2, -0.15) is 5.10 Å². The predicted octanol–water partition coefficient (Wildman–Crippen LogP) is 2.56. The number of hydrogen-bond acceptors (Lipinski definition) is 4. The van der Waals surface area contributed by atoms with Gasteiger partial charge in [0.1, 0.15) is 5.82 Å². The highest BCUT2D eigenvalue weighted by Gasteiger charge is 2.17. The second kappa shape index (κ2) is 5.77. The summed E-state index contributed by atoms with van der Waals surface area (Å²) < 4.78 is 29.0. The van der Waals surface area contributed by atoms with E-state index in [0.717, 1.165) is 11.3 Å². The van der Waals surface area contributed by atoms with Crippen molar-refractivity contribution in [1.29, 1.82) is 0 Å². The molecule has 0 unspecified atom stereocenters. The standard InChI is InChI=1S/C16H16N4O2S/c1-12-3-2-4-14(11-12)20-16(9-10-18-20)19-23(21,22)15-7-5-13(17)6-8-15/h2-11,19H,17H2,1H3. The van der Waals surface area contributed by atoms with Gasteiger partial charge in [-0.25, -0.2) is 13.1 Å². The molecule has 118 valence electrons. The molecular weight excluding hydrogens is 312 g/mol. The van der Waals surface area contributed by atoms with Gasteiger partial charge in [-0.3, -0.25) is 4.72 Å². The Morgan fingerprint density at radius 3 is 2.52 bits per heavy atom. The smallest absolute Gasteiger partial charge is 0.263 e. The van der Waals surface area contributed by atoms with E-state index >= 15 is 0 Å². The lowest BCUT2D eigenvalue weighted by Crippen LogP contribution is -2.16.